The third kappa shape index (κ3) is 3.88. The molecule has 0 spiro atoms. The molecule has 0 bridgehead atoms. The maximum atomic E-state index is 14.6. The third-order valence-electron chi connectivity index (χ3n) is 5.26. The Labute approximate surface area is 173 Å². The molecule has 8 nitrogen and oxygen atoms in total. The molecule has 1 amide bonds. The van der Waals surface area contributed by atoms with E-state index in [2.05, 4.69) is 5.10 Å². The number of hydroxylamine groups is 1. The molecule has 0 radical (unpaired) electrons. The van der Waals surface area contributed by atoms with Gasteiger partial charge in [-0.2, -0.15) is 5.10 Å². The summed E-state index contributed by atoms with van der Waals surface area (Å²) in [6, 6.07) is 10.1. The van der Waals surface area contributed by atoms with Crippen LogP contribution in [-0.2, 0) is 21.2 Å². The number of fused-ring (bicyclic) bond motifs is 1. The summed E-state index contributed by atoms with van der Waals surface area (Å²) in [5, 5.41) is 14.0. The first-order chi connectivity index (χ1) is 14.1. The molecular formula is C20H22FN3O5S. The lowest BCUT2D eigenvalue weighted by Crippen LogP contribution is -2.49. The van der Waals surface area contributed by atoms with Gasteiger partial charge in [-0.25, -0.2) is 18.3 Å². The van der Waals surface area contributed by atoms with Crippen LogP contribution in [0.5, 0.6) is 5.75 Å². The van der Waals surface area contributed by atoms with E-state index in [-0.39, 0.29) is 18.7 Å². The average molecular weight is 435 g/mol. The predicted octanol–water partition coefficient (Wildman–Crippen LogP) is 2.55. The van der Waals surface area contributed by atoms with Crippen LogP contribution in [0.4, 0.5) is 4.39 Å². The Balaban J connectivity index is 1.91. The Morgan fingerprint density at radius 1 is 1.33 bits per heavy atom. The number of amides is 1. The van der Waals surface area contributed by atoms with Crippen LogP contribution >= 0.6 is 0 Å². The molecule has 1 heterocycles. The zero-order valence-corrected chi connectivity index (χ0v) is 17.5. The highest BCUT2D eigenvalue weighted by Crippen LogP contribution is 2.31. The van der Waals surface area contributed by atoms with Crippen molar-refractivity contribution in [1.29, 1.82) is 0 Å². The van der Waals surface area contributed by atoms with Crippen LogP contribution in [0.1, 0.15) is 13.3 Å². The van der Waals surface area contributed by atoms with Gasteiger partial charge in [0.1, 0.15) is 0 Å². The minimum atomic E-state index is -3.80. The van der Waals surface area contributed by atoms with Crippen molar-refractivity contribution in [2.75, 3.05) is 13.4 Å². The smallest absolute Gasteiger partial charge is 0.264 e. The molecule has 0 unspecified atom stereocenters. The fourth-order valence-corrected chi connectivity index (χ4v) is 4.01. The van der Waals surface area contributed by atoms with E-state index in [1.807, 2.05) is 0 Å². The number of benzene rings is 2. The van der Waals surface area contributed by atoms with Crippen LogP contribution in [0.15, 0.2) is 42.6 Å². The summed E-state index contributed by atoms with van der Waals surface area (Å²) in [6.07, 6.45) is 2.54. The highest BCUT2D eigenvalue weighted by molar-refractivity contribution is 7.92. The van der Waals surface area contributed by atoms with Crippen molar-refractivity contribution in [3.63, 3.8) is 0 Å². The van der Waals surface area contributed by atoms with Crippen LogP contribution in [-0.4, -0.2) is 47.4 Å². The molecule has 30 heavy (non-hydrogen) atoms. The quantitative estimate of drug-likeness (QED) is 0.436. The number of sulfone groups is 1. The van der Waals surface area contributed by atoms with Crippen molar-refractivity contribution < 1.29 is 27.5 Å². The molecule has 2 N–H and O–H groups in total. The van der Waals surface area contributed by atoms with Gasteiger partial charge in [0.15, 0.2) is 26.2 Å². The van der Waals surface area contributed by atoms with E-state index in [0.29, 0.717) is 16.6 Å². The van der Waals surface area contributed by atoms with E-state index in [9.17, 15) is 17.6 Å². The first-order valence-electron chi connectivity index (χ1n) is 9.05. The molecule has 3 rings (SSSR count). The van der Waals surface area contributed by atoms with E-state index in [1.165, 1.54) is 30.3 Å². The van der Waals surface area contributed by atoms with Crippen molar-refractivity contribution in [3.8, 4) is 16.9 Å². The van der Waals surface area contributed by atoms with E-state index in [0.717, 1.165) is 11.6 Å². The second-order valence-electron chi connectivity index (χ2n) is 7.18. The van der Waals surface area contributed by atoms with Crippen LogP contribution in [0, 0.1) is 5.82 Å². The van der Waals surface area contributed by atoms with Gasteiger partial charge in [-0.3, -0.25) is 14.7 Å². The number of nitrogens with one attached hydrogen (secondary N) is 1. The number of carbonyl (C=O) groups excluding carboxylic acids is 1. The van der Waals surface area contributed by atoms with Gasteiger partial charge in [0.2, 0.25) is 0 Å². The van der Waals surface area contributed by atoms with Crippen LogP contribution in [0.2, 0.25) is 0 Å². The van der Waals surface area contributed by atoms with Crippen molar-refractivity contribution >= 4 is 26.6 Å². The van der Waals surface area contributed by atoms with Gasteiger partial charge < -0.3 is 4.74 Å². The van der Waals surface area contributed by atoms with Gasteiger partial charge in [-0.15, -0.1) is 0 Å². The van der Waals surface area contributed by atoms with Crippen LogP contribution < -0.4 is 10.2 Å². The topological polar surface area (TPSA) is 111 Å². The van der Waals surface area contributed by atoms with Crippen molar-refractivity contribution in [1.82, 2.24) is 15.3 Å². The summed E-state index contributed by atoms with van der Waals surface area (Å²) < 4.78 is 43.5. The zero-order valence-electron chi connectivity index (χ0n) is 16.7. The highest BCUT2D eigenvalue weighted by Gasteiger charge is 2.43. The molecule has 0 aliphatic rings. The highest BCUT2D eigenvalue weighted by atomic mass is 32.2. The van der Waals surface area contributed by atoms with Crippen LogP contribution in [0.25, 0.3) is 22.0 Å². The Hall–Kier alpha value is -2.98. The second-order valence-corrected chi connectivity index (χ2v) is 9.63. The number of aryl methyl sites for hydroxylation is 1. The Morgan fingerprint density at radius 2 is 2.07 bits per heavy atom. The number of hydrogen-bond acceptors (Lipinski definition) is 6. The lowest BCUT2D eigenvalue weighted by Gasteiger charge is -2.24. The number of carbonyl (C=O) groups is 1. The minimum Gasteiger partial charge on any atom is -0.494 e. The maximum Gasteiger partial charge on any atom is 0.264 e. The zero-order chi connectivity index (χ0) is 22.1. The van der Waals surface area contributed by atoms with Gasteiger partial charge >= 0.3 is 0 Å². The lowest BCUT2D eigenvalue weighted by molar-refractivity contribution is -0.131. The fraction of sp³-hybridized carbons (Fsp3) is 0.300. The number of hydrogen-bond donors (Lipinski definition) is 2. The van der Waals surface area contributed by atoms with Gasteiger partial charge in [-0.05, 0) is 37.1 Å². The summed E-state index contributed by atoms with van der Waals surface area (Å²) >= 11 is 0. The van der Waals surface area contributed by atoms with E-state index < -0.39 is 26.3 Å². The summed E-state index contributed by atoms with van der Waals surface area (Å²) in [6.45, 7) is 1.37. The molecule has 1 aromatic heterocycles. The second kappa shape index (κ2) is 8.04. The van der Waals surface area contributed by atoms with Crippen molar-refractivity contribution in [3.05, 3.63) is 48.4 Å². The maximum absolute atomic E-state index is 14.6. The summed E-state index contributed by atoms with van der Waals surface area (Å²) in [5.41, 5.74) is 3.08. The normalized spacial score (nSPS) is 13.8. The van der Waals surface area contributed by atoms with E-state index in [1.54, 1.807) is 36.5 Å². The van der Waals surface area contributed by atoms with Crippen molar-refractivity contribution in [2.45, 2.75) is 24.6 Å². The molecule has 160 valence electrons. The molecule has 1 atom stereocenters. The fourth-order valence-electron chi connectivity index (χ4n) is 3.16. The van der Waals surface area contributed by atoms with Gasteiger partial charge in [0, 0.05) is 29.9 Å². The molecule has 2 aromatic carbocycles. The van der Waals surface area contributed by atoms with E-state index in [4.69, 9.17) is 9.94 Å². The molecule has 0 saturated carbocycles. The molecule has 0 saturated heterocycles. The number of rotatable bonds is 7. The van der Waals surface area contributed by atoms with Gasteiger partial charge in [0.25, 0.3) is 5.91 Å². The monoisotopic (exact) mass is 435 g/mol. The molecular weight excluding hydrogens is 413 g/mol. The number of aromatic nitrogens is 2. The number of halogens is 1. The Kier molecular flexibility index (Phi) is 5.82. The van der Waals surface area contributed by atoms with E-state index >= 15 is 0 Å². The Bertz CT molecular complexity index is 1210. The molecule has 0 fully saturated rings. The van der Waals surface area contributed by atoms with Crippen LogP contribution in [0.3, 0.4) is 0 Å². The predicted molar refractivity (Wildman–Crippen MR) is 109 cm³/mol. The number of nitrogens with zero attached hydrogens (tertiary/aromatic N) is 2. The standard InChI is InChI=1S/C20H22FN3O5S/c1-20(19(25)23-26,30(3,27)28)9-10-24-12-14-11-13(7-8-16(14)22-24)15-5-4-6-17(29-2)18(15)21/h4-8,11-12,26H,9-10H2,1-3H3,(H,23,25)/t20-/m1/s1. The van der Waals surface area contributed by atoms with Crippen molar-refractivity contribution in [2.24, 2.45) is 0 Å². The third-order valence-corrected chi connectivity index (χ3v) is 7.29. The molecule has 0 aliphatic heterocycles. The molecule has 3 aromatic rings. The number of ether oxygens (including phenoxy) is 1. The summed E-state index contributed by atoms with van der Waals surface area (Å²) in [7, 11) is -2.40. The summed E-state index contributed by atoms with van der Waals surface area (Å²) in [5.74, 6) is -1.33. The average Bonchev–Trinajstić information content (AvgIpc) is 3.12. The lowest BCUT2D eigenvalue weighted by atomic mass is 10.0. The first kappa shape index (κ1) is 21.7. The van der Waals surface area contributed by atoms with Gasteiger partial charge in [0.05, 0.1) is 12.6 Å². The number of methoxy groups -OCH3 is 1. The molecule has 0 aliphatic carbocycles. The first-order valence-corrected chi connectivity index (χ1v) is 10.9. The summed E-state index contributed by atoms with van der Waals surface area (Å²) in [4.78, 5) is 11.9. The Morgan fingerprint density at radius 3 is 2.70 bits per heavy atom. The van der Waals surface area contributed by atoms with Gasteiger partial charge in [-0.1, -0.05) is 18.2 Å². The minimum absolute atomic E-state index is 0.0937. The molecule has 10 heteroatoms. The SMILES string of the molecule is COc1cccc(-c2ccc3nn(CC[C@](C)(C(=O)NO)S(C)(=O)=O)cc3c2)c1F. The largest absolute Gasteiger partial charge is 0.494 e.